The van der Waals surface area contributed by atoms with Gasteiger partial charge in [0, 0.05) is 20.0 Å². The minimum absolute atomic E-state index is 0.346. The Morgan fingerprint density at radius 2 is 2.22 bits per heavy atom. The Balaban J connectivity index is 4.04. The zero-order chi connectivity index (χ0) is 13.8. The molecule has 1 amide bonds. The van der Waals surface area contributed by atoms with Gasteiger partial charge in [-0.1, -0.05) is 13.3 Å². The maximum absolute atomic E-state index is 11.5. The molecule has 0 spiro atoms. The van der Waals surface area contributed by atoms with E-state index in [4.69, 9.17) is 9.57 Å². The van der Waals surface area contributed by atoms with Crippen molar-refractivity contribution in [1.82, 2.24) is 10.4 Å². The highest BCUT2D eigenvalue weighted by Gasteiger charge is 2.16. The zero-order valence-corrected chi connectivity index (χ0v) is 11.5. The smallest absolute Gasteiger partial charge is 0.407 e. The van der Waals surface area contributed by atoms with Crippen molar-refractivity contribution < 1.29 is 19.2 Å². The Morgan fingerprint density at radius 3 is 2.78 bits per heavy atom. The molecule has 0 fully saturated rings. The third-order valence-electron chi connectivity index (χ3n) is 2.45. The van der Waals surface area contributed by atoms with Crippen LogP contribution in [0.15, 0.2) is 0 Å². The van der Waals surface area contributed by atoms with Crippen LogP contribution in [0.5, 0.6) is 0 Å². The van der Waals surface area contributed by atoms with Gasteiger partial charge in [-0.2, -0.15) is 5.06 Å². The van der Waals surface area contributed by atoms with Crippen LogP contribution in [-0.2, 0) is 14.4 Å². The van der Waals surface area contributed by atoms with E-state index < -0.39 is 6.09 Å². The van der Waals surface area contributed by atoms with Gasteiger partial charge in [-0.3, -0.25) is 0 Å². The van der Waals surface area contributed by atoms with E-state index in [0.29, 0.717) is 25.9 Å². The fraction of sp³-hybridized carbons (Fsp3) is 0.833. The number of hydroxylamine groups is 2. The minimum atomic E-state index is -0.441. The molecule has 0 aromatic carbocycles. The molecule has 6 heteroatoms. The average Bonchev–Trinajstić information content (AvgIpc) is 2.36. The maximum atomic E-state index is 11.5. The summed E-state index contributed by atoms with van der Waals surface area (Å²) in [6.45, 7) is 3.09. The van der Waals surface area contributed by atoms with E-state index in [0.717, 1.165) is 19.1 Å². The number of carbonyl (C=O) groups is 2. The Labute approximate surface area is 109 Å². The average molecular weight is 260 g/mol. The third-order valence-corrected chi connectivity index (χ3v) is 2.45. The van der Waals surface area contributed by atoms with Gasteiger partial charge in [0.2, 0.25) is 0 Å². The number of rotatable bonds is 10. The molecule has 0 heterocycles. The van der Waals surface area contributed by atoms with Crippen molar-refractivity contribution in [2.24, 2.45) is 0 Å². The van der Waals surface area contributed by atoms with Crippen molar-refractivity contribution in [3.63, 3.8) is 0 Å². The number of ether oxygens (including phenoxy) is 1. The highest BCUT2D eigenvalue weighted by molar-refractivity contribution is 5.67. The lowest BCUT2D eigenvalue weighted by Crippen LogP contribution is -2.36. The van der Waals surface area contributed by atoms with Crippen LogP contribution >= 0.6 is 0 Å². The highest BCUT2D eigenvalue weighted by Crippen LogP contribution is 2.04. The van der Waals surface area contributed by atoms with Gasteiger partial charge in [-0.15, -0.1) is 0 Å². The maximum Gasteiger partial charge on any atom is 0.407 e. The van der Waals surface area contributed by atoms with Crippen LogP contribution in [0.1, 0.15) is 32.6 Å². The molecule has 18 heavy (non-hydrogen) atoms. The summed E-state index contributed by atoms with van der Waals surface area (Å²) in [6, 6.07) is 0. The van der Waals surface area contributed by atoms with Crippen LogP contribution in [0.2, 0.25) is 0 Å². The van der Waals surface area contributed by atoms with Crippen molar-refractivity contribution in [2.45, 2.75) is 38.7 Å². The number of alkyl carbamates (subject to hydrolysis) is 1. The van der Waals surface area contributed by atoms with Crippen molar-refractivity contribution >= 4 is 12.4 Å². The molecule has 0 aromatic rings. The molecule has 1 unspecified atom stereocenters. The Bertz CT molecular complexity index is 236. The molecule has 0 saturated heterocycles. The van der Waals surface area contributed by atoms with Crippen molar-refractivity contribution in [2.75, 3.05) is 27.2 Å². The molecule has 1 atom stereocenters. The minimum Gasteiger partial charge on any atom is -0.445 e. The van der Waals surface area contributed by atoms with Crippen LogP contribution in [0.4, 0.5) is 4.79 Å². The van der Waals surface area contributed by atoms with Crippen LogP contribution in [-0.4, -0.2) is 50.8 Å². The summed E-state index contributed by atoms with van der Waals surface area (Å²) in [4.78, 5) is 26.8. The molecule has 0 bridgehead atoms. The predicted octanol–water partition coefficient (Wildman–Crippen LogP) is 1.35. The van der Waals surface area contributed by atoms with E-state index in [1.165, 1.54) is 7.11 Å². The number of unbranched alkanes of at least 4 members (excludes halogenated alkanes) is 1. The predicted molar refractivity (Wildman–Crippen MR) is 68.1 cm³/mol. The first-order chi connectivity index (χ1) is 8.63. The lowest BCUT2D eigenvalue weighted by Gasteiger charge is -2.22. The molecular formula is C12H24N2O4. The van der Waals surface area contributed by atoms with Crippen molar-refractivity contribution in [1.29, 1.82) is 0 Å². The van der Waals surface area contributed by atoms with Crippen molar-refractivity contribution in [3.8, 4) is 0 Å². The quantitative estimate of drug-likeness (QED) is 0.365. The first-order valence-corrected chi connectivity index (χ1v) is 6.27. The number of hydrogen-bond donors (Lipinski definition) is 1. The van der Waals surface area contributed by atoms with Gasteiger partial charge in [0.05, 0.1) is 13.7 Å². The number of amides is 1. The summed E-state index contributed by atoms with van der Waals surface area (Å²) >= 11 is 0. The second kappa shape index (κ2) is 11.0. The fourth-order valence-corrected chi connectivity index (χ4v) is 1.36. The van der Waals surface area contributed by atoms with Gasteiger partial charge in [0.25, 0.3) is 0 Å². The summed E-state index contributed by atoms with van der Waals surface area (Å²) < 4.78 is 5.24. The van der Waals surface area contributed by atoms with Crippen LogP contribution in [0, 0.1) is 0 Å². The second-order valence-electron chi connectivity index (χ2n) is 4.04. The number of carbonyl (C=O) groups excluding carboxylic acids is 2. The molecule has 0 saturated carbocycles. The van der Waals surface area contributed by atoms with Gasteiger partial charge in [-0.25, -0.2) is 4.79 Å². The largest absolute Gasteiger partial charge is 0.445 e. The molecule has 0 aliphatic heterocycles. The van der Waals surface area contributed by atoms with Crippen LogP contribution in [0.25, 0.3) is 0 Å². The Kier molecular flexibility index (Phi) is 10.3. The van der Waals surface area contributed by atoms with Gasteiger partial charge >= 0.3 is 6.09 Å². The van der Waals surface area contributed by atoms with E-state index in [1.54, 1.807) is 12.1 Å². The van der Waals surface area contributed by atoms with Gasteiger partial charge in [0.15, 0.2) is 0 Å². The summed E-state index contributed by atoms with van der Waals surface area (Å²) in [7, 11) is 3.28. The van der Waals surface area contributed by atoms with E-state index in [-0.39, 0.29) is 6.10 Å². The summed E-state index contributed by atoms with van der Waals surface area (Å²) in [5.74, 6) is 0. The lowest BCUT2D eigenvalue weighted by molar-refractivity contribution is -0.129. The van der Waals surface area contributed by atoms with Crippen molar-refractivity contribution in [3.05, 3.63) is 0 Å². The number of hydrogen-bond acceptors (Lipinski definition) is 5. The fourth-order valence-electron chi connectivity index (χ4n) is 1.36. The number of nitrogens with one attached hydrogen (secondary N) is 1. The molecule has 0 rings (SSSR count). The summed E-state index contributed by atoms with van der Waals surface area (Å²) in [5, 5.41) is 4.24. The first-order valence-electron chi connectivity index (χ1n) is 6.27. The Morgan fingerprint density at radius 1 is 1.50 bits per heavy atom. The first kappa shape index (κ1) is 16.9. The zero-order valence-electron chi connectivity index (χ0n) is 11.5. The molecule has 0 aromatic heterocycles. The second-order valence-corrected chi connectivity index (χ2v) is 4.04. The highest BCUT2D eigenvalue weighted by atomic mass is 16.7. The SMILES string of the molecule is CCCCNC(=O)OC(CCC=O)CN(C)OC. The van der Waals surface area contributed by atoms with Gasteiger partial charge in [0.1, 0.15) is 12.4 Å². The number of likely N-dealkylation sites (N-methyl/N-ethyl adjacent to an activating group) is 1. The van der Waals surface area contributed by atoms with Crippen LogP contribution in [0.3, 0.4) is 0 Å². The van der Waals surface area contributed by atoms with Gasteiger partial charge < -0.3 is 19.7 Å². The summed E-state index contributed by atoms with van der Waals surface area (Å²) in [5.41, 5.74) is 0. The lowest BCUT2D eigenvalue weighted by atomic mass is 10.2. The normalized spacial score (nSPS) is 12.2. The summed E-state index contributed by atoms with van der Waals surface area (Å²) in [6.07, 6.45) is 2.83. The van der Waals surface area contributed by atoms with E-state index in [1.807, 2.05) is 6.92 Å². The van der Waals surface area contributed by atoms with E-state index in [2.05, 4.69) is 5.32 Å². The molecule has 0 radical (unpaired) electrons. The molecule has 0 aliphatic carbocycles. The molecule has 6 nitrogen and oxygen atoms in total. The standard InChI is InChI=1S/C12H24N2O4/c1-4-5-8-13-12(16)18-11(7-6-9-15)10-14(2)17-3/h9,11H,4-8,10H2,1-3H3,(H,13,16). The van der Waals surface area contributed by atoms with Gasteiger partial charge in [-0.05, 0) is 12.8 Å². The van der Waals surface area contributed by atoms with Crippen LogP contribution < -0.4 is 5.32 Å². The van der Waals surface area contributed by atoms with E-state index >= 15 is 0 Å². The number of aldehydes is 1. The monoisotopic (exact) mass is 260 g/mol. The molecule has 106 valence electrons. The third kappa shape index (κ3) is 8.95. The number of nitrogens with zero attached hydrogens (tertiary/aromatic N) is 1. The Hall–Kier alpha value is -1.14. The van der Waals surface area contributed by atoms with E-state index in [9.17, 15) is 9.59 Å². The molecular weight excluding hydrogens is 236 g/mol. The topological polar surface area (TPSA) is 67.9 Å². The molecule has 1 N–H and O–H groups in total. The molecule has 0 aliphatic rings.